The normalized spacial score (nSPS) is 15.7. The van der Waals surface area contributed by atoms with Crippen LogP contribution in [0.5, 0.6) is 11.5 Å². The van der Waals surface area contributed by atoms with Crippen LogP contribution in [0.4, 0.5) is 18.9 Å². The predicted molar refractivity (Wildman–Crippen MR) is 79.0 cm³/mol. The molecule has 0 spiro atoms. The molecule has 10 heteroatoms. The minimum atomic E-state index is -5.08. The maximum absolute atomic E-state index is 13.4. The number of fused-ring (bicyclic) bond motifs is 1. The first-order valence-electron chi connectivity index (χ1n) is 7.17. The molecule has 0 saturated heterocycles. The molecule has 2 heterocycles. The van der Waals surface area contributed by atoms with E-state index in [2.05, 4.69) is 10.3 Å². The van der Waals surface area contributed by atoms with Gasteiger partial charge in [-0.2, -0.15) is 13.2 Å². The minimum Gasteiger partial charge on any atom is -0.454 e. The number of benzene rings is 1. The molecule has 0 unspecified atom stereocenters. The van der Waals surface area contributed by atoms with Gasteiger partial charge in [0, 0.05) is 31.2 Å². The SMILES string of the molecule is Cn1ccnc1[C@](O)(CC(=O)Nc1ccc2c(c1)OCO2)C(F)(F)F. The molecule has 1 amide bonds. The van der Waals surface area contributed by atoms with E-state index >= 15 is 0 Å². The lowest BCUT2D eigenvalue weighted by molar-refractivity contribution is -0.270. The van der Waals surface area contributed by atoms with Gasteiger partial charge in [0.25, 0.3) is 0 Å². The summed E-state index contributed by atoms with van der Waals surface area (Å²) < 4.78 is 51.5. The Hall–Kier alpha value is -2.75. The molecule has 1 aromatic carbocycles. The summed E-state index contributed by atoms with van der Waals surface area (Å²) in [6, 6.07) is 4.40. The Morgan fingerprint density at radius 3 is 2.72 bits per heavy atom. The van der Waals surface area contributed by atoms with Gasteiger partial charge in [0.2, 0.25) is 18.3 Å². The number of aromatic nitrogens is 2. The van der Waals surface area contributed by atoms with E-state index in [1.165, 1.54) is 31.4 Å². The number of alkyl halides is 3. The summed E-state index contributed by atoms with van der Waals surface area (Å²) in [6.45, 7) is 0.0275. The molecule has 0 radical (unpaired) electrons. The van der Waals surface area contributed by atoms with E-state index in [0.29, 0.717) is 11.5 Å². The van der Waals surface area contributed by atoms with E-state index in [1.54, 1.807) is 0 Å². The fourth-order valence-electron chi connectivity index (χ4n) is 2.48. The number of imidazole rings is 1. The van der Waals surface area contributed by atoms with Crippen molar-refractivity contribution in [3.05, 3.63) is 36.4 Å². The summed E-state index contributed by atoms with van der Waals surface area (Å²) in [4.78, 5) is 15.6. The fourth-order valence-corrected chi connectivity index (χ4v) is 2.48. The highest BCUT2D eigenvalue weighted by atomic mass is 19.4. The van der Waals surface area contributed by atoms with Gasteiger partial charge in [0.05, 0.1) is 6.42 Å². The molecule has 2 aromatic rings. The fraction of sp³-hybridized carbons (Fsp3) is 0.333. The van der Waals surface area contributed by atoms with Crippen LogP contribution >= 0.6 is 0 Å². The van der Waals surface area contributed by atoms with Gasteiger partial charge < -0.3 is 24.5 Å². The quantitative estimate of drug-likeness (QED) is 0.873. The summed E-state index contributed by atoms with van der Waals surface area (Å²) in [6.07, 6.45) is -3.96. The van der Waals surface area contributed by atoms with Gasteiger partial charge in [-0.05, 0) is 12.1 Å². The smallest absolute Gasteiger partial charge is 0.425 e. The molecule has 0 saturated carbocycles. The number of hydrogen-bond acceptors (Lipinski definition) is 5. The van der Waals surface area contributed by atoms with Crippen LogP contribution in [0, 0.1) is 0 Å². The van der Waals surface area contributed by atoms with E-state index < -0.39 is 29.9 Å². The number of halogens is 3. The highest BCUT2D eigenvalue weighted by molar-refractivity contribution is 5.91. The number of anilines is 1. The van der Waals surface area contributed by atoms with Crippen LogP contribution in [0.3, 0.4) is 0 Å². The third-order valence-corrected chi connectivity index (χ3v) is 3.73. The first-order chi connectivity index (χ1) is 11.7. The zero-order valence-electron chi connectivity index (χ0n) is 13.0. The van der Waals surface area contributed by atoms with Crippen molar-refractivity contribution in [2.75, 3.05) is 12.1 Å². The Morgan fingerprint density at radius 1 is 1.36 bits per heavy atom. The molecule has 1 atom stereocenters. The largest absolute Gasteiger partial charge is 0.454 e. The van der Waals surface area contributed by atoms with E-state index in [1.807, 2.05) is 0 Å². The summed E-state index contributed by atoms with van der Waals surface area (Å²) >= 11 is 0. The van der Waals surface area contributed by atoms with Gasteiger partial charge in [-0.1, -0.05) is 0 Å². The molecule has 0 bridgehead atoms. The van der Waals surface area contributed by atoms with Crippen molar-refractivity contribution in [2.45, 2.75) is 18.2 Å². The number of aryl methyl sites for hydroxylation is 1. The minimum absolute atomic E-state index is 0.0275. The number of amides is 1. The van der Waals surface area contributed by atoms with Crippen molar-refractivity contribution >= 4 is 11.6 Å². The van der Waals surface area contributed by atoms with Gasteiger partial charge in [0.15, 0.2) is 17.3 Å². The summed E-state index contributed by atoms with van der Waals surface area (Å²) in [5.74, 6) is -0.853. The third-order valence-electron chi connectivity index (χ3n) is 3.73. The van der Waals surface area contributed by atoms with Crippen molar-refractivity contribution in [3.8, 4) is 11.5 Å². The third kappa shape index (κ3) is 3.12. The van der Waals surface area contributed by atoms with E-state index in [9.17, 15) is 23.1 Å². The number of ether oxygens (including phenoxy) is 2. The van der Waals surface area contributed by atoms with Crippen molar-refractivity contribution in [2.24, 2.45) is 7.05 Å². The first kappa shape index (κ1) is 17.1. The van der Waals surface area contributed by atoms with Gasteiger partial charge in [-0.15, -0.1) is 0 Å². The highest BCUT2D eigenvalue weighted by Gasteiger charge is 2.58. The number of aliphatic hydroxyl groups is 1. The Morgan fingerprint density at radius 2 is 2.08 bits per heavy atom. The molecule has 1 aromatic heterocycles. The van der Waals surface area contributed by atoms with Crippen molar-refractivity contribution in [1.82, 2.24) is 9.55 Å². The number of nitrogens with zero attached hydrogens (tertiary/aromatic N) is 2. The first-order valence-corrected chi connectivity index (χ1v) is 7.17. The van der Waals surface area contributed by atoms with Crippen molar-refractivity contribution in [3.63, 3.8) is 0 Å². The molecule has 0 fully saturated rings. The second-order valence-electron chi connectivity index (χ2n) is 5.51. The van der Waals surface area contributed by atoms with Gasteiger partial charge in [-0.3, -0.25) is 4.79 Å². The summed E-state index contributed by atoms with van der Waals surface area (Å²) in [5.41, 5.74) is -3.19. The molecule has 2 N–H and O–H groups in total. The van der Waals surface area contributed by atoms with Crippen molar-refractivity contribution < 1.29 is 32.5 Å². The number of carbonyl (C=O) groups is 1. The number of hydrogen-bond donors (Lipinski definition) is 2. The predicted octanol–water partition coefficient (Wildman–Crippen LogP) is 1.93. The average Bonchev–Trinajstić information content (AvgIpc) is 3.13. The molecule has 134 valence electrons. The molecule has 1 aliphatic rings. The van der Waals surface area contributed by atoms with Crippen molar-refractivity contribution in [1.29, 1.82) is 0 Å². The van der Waals surface area contributed by atoms with E-state index in [0.717, 1.165) is 10.8 Å². The Bertz CT molecular complexity index is 806. The van der Waals surface area contributed by atoms with Crippen LogP contribution < -0.4 is 14.8 Å². The molecular formula is C15H14F3N3O4. The summed E-state index contributed by atoms with van der Waals surface area (Å²) in [5, 5.41) is 12.5. The lowest BCUT2D eigenvalue weighted by atomic mass is 9.97. The lowest BCUT2D eigenvalue weighted by Crippen LogP contribution is -2.46. The molecular weight excluding hydrogens is 343 g/mol. The maximum Gasteiger partial charge on any atom is 0.425 e. The van der Waals surface area contributed by atoms with E-state index in [-0.39, 0.29) is 12.5 Å². The highest BCUT2D eigenvalue weighted by Crippen LogP contribution is 2.41. The van der Waals surface area contributed by atoms with Gasteiger partial charge >= 0.3 is 6.18 Å². The number of carbonyl (C=O) groups excluding carboxylic acids is 1. The van der Waals surface area contributed by atoms with Crippen LogP contribution in [0.25, 0.3) is 0 Å². The van der Waals surface area contributed by atoms with Gasteiger partial charge in [0.1, 0.15) is 0 Å². The van der Waals surface area contributed by atoms with Crippen LogP contribution in [0.1, 0.15) is 12.2 Å². The standard InChI is InChI=1S/C15H14F3N3O4/c1-21-5-4-19-13(21)14(23,15(16,17)18)7-12(22)20-9-2-3-10-11(6-9)25-8-24-10/h2-6,23H,7-8H2,1H3,(H,20,22)/t14-/m1/s1. The van der Waals surface area contributed by atoms with Crippen LogP contribution in [0.15, 0.2) is 30.6 Å². The zero-order valence-corrected chi connectivity index (χ0v) is 13.0. The molecule has 7 nitrogen and oxygen atoms in total. The summed E-state index contributed by atoms with van der Waals surface area (Å²) in [7, 11) is 1.30. The molecule has 3 rings (SSSR count). The van der Waals surface area contributed by atoms with Crippen LogP contribution in [-0.4, -0.2) is 33.5 Å². The lowest BCUT2D eigenvalue weighted by Gasteiger charge is -2.29. The second-order valence-corrected chi connectivity index (χ2v) is 5.51. The van der Waals surface area contributed by atoms with Gasteiger partial charge in [-0.25, -0.2) is 4.98 Å². The topological polar surface area (TPSA) is 85.6 Å². The van der Waals surface area contributed by atoms with E-state index in [4.69, 9.17) is 9.47 Å². The molecule has 1 aliphatic heterocycles. The average molecular weight is 357 g/mol. The second kappa shape index (κ2) is 5.96. The Labute approximate surface area is 140 Å². The monoisotopic (exact) mass is 357 g/mol. The maximum atomic E-state index is 13.4. The molecule has 25 heavy (non-hydrogen) atoms. The van der Waals surface area contributed by atoms with Crippen LogP contribution in [0.2, 0.25) is 0 Å². The Kier molecular flexibility index (Phi) is 4.07. The number of rotatable bonds is 4. The zero-order chi connectivity index (χ0) is 18.2. The molecule has 0 aliphatic carbocycles. The number of nitrogens with one attached hydrogen (secondary N) is 1. The van der Waals surface area contributed by atoms with Crippen LogP contribution in [-0.2, 0) is 17.4 Å². The Balaban J connectivity index is 1.81.